The van der Waals surface area contributed by atoms with Crippen molar-refractivity contribution >= 4 is 0 Å². The van der Waals surface area contributed by atoms with E-state index >= 15 is 0 Å². The maximum absolute atomic E-state index is 4.10. The Kier molecular flexibility index (Phi) is 4.00. The molecule has 4 nitrogen and oxygen atoms in total. The number of nitrogens with one attached hydrogen (secondary N) is 1. The summed E-state index contributed by atoms with van der Waals surface area (Å²) in [7, 11) is 1.73. The van der Waals surface area contributed by atoms with Gasteiger partial charge in [0.15, 0.2) is 0 Å². The molecule has 70 valence electrons. The standard InChI is InChI=1S/C8H18N4/c1-3-12(11-9-2)8-4-6-10-7-5-8/h8,10H,3-7H2,1-2H3. The molecule has 0 spiro atoms. The Morgan fingerprint density at radius 1 is 1.42 bits per heavy atom. The Morgan fingerprint density at radius 3 is 2.58 bits per heavy atom. The Balaban J connectivity index is 2.40. The van der Waals surface area contributed by atoms with Crippen LogP contribution in [0.25, 0.3) is 0 Å². The molecule has 0 atom stereocenters. The van der Waals surface area contributed by atoms with Crippen molar-refractivity contribution in [3.63, 3.8) is 0 Å². The van der Waals surface area contributed by atoms with E-state index < -0.39 is 0 Å². The molecule has 0 aliphatic carbocycles. The predicted octanol–water partition coefficient (Wildman–Crippen LogP) is 1.06. The number of hydrogen-bond acceptors (Lipinski definition) is 3. The first-order chi connectivity index (χ1) is 5.88. The second-order valence-corrected chi connectivity index (χ2v) is 3.03. The van der Waals surface area contributed by atoms with Crippen molar-refractivity contribution < 1.29 is 0 Å². The highest BCUT2D eigenvalue weighted by atomic mass is 15.5. The van der Waals surface area contributed by atoms with Crippen LogP contribution in [0, 0.1) is 0 Å². The van der Waals surface area contributed by atoms with Crippen LogP contribution in [0.5, 0.6) is 0 Å². The van der Waals surface area contributed by atoms with Gasteiger partial charge >= 0.3 is 0 Å². The van der Waals surface area contributed by atoms with Crippen molar-refractivity contribution in [1.29, 1.82) is 0 Å². The van der Waals surface area contributed by atoms with Gasteiger partial charge in [-0.1, -0.05) is 5.22 Å². The lowest BCUT2D eigenvalue weighted by atomic mass is 10.1. The number of hydrogen-bond donors (Lipinski definition) is 1. The van der Waals surface area contributed by atoms with E-state index in [0.29, 0.717) is 6.04 Å². The fourth-order valence-electron chi connectivity index (χ4n) is 1.61. The minimum absolute atomic E-state index is 0.597. The van der Waals surface area contributed by atoms with E-state index in [1.54, 1.807) is 7.05 Å². The molecule has 1 saturated heterocycles. The molecule has 1 heterocycles. The molecule has 0 bridgehead atoms. The molecule has 12 heavy (non-hydrogen) atoms. The summed E-state index contributed by atoms with van der Waals surface area (Å²) in [5, 5.41) is 13.3. The largest absolute Gasteiger partial charge is 0.317 e. The monoisotopic (exact) mass is 170 g/mol. The lowest BCUT2D eigenvalue weighted by molar-refractivity contribution is 0.164. The van der Waals surface area contributed by atoms with Crippen LogP contribution in [0.3, 0.4) is 0 Å². The van der Waals surface area contributed by atoms with Crippen molar-refractivity contribution in [2.45, 2.75) is 25.8 Å². The zero-order chi connectivity index (χ0) is 8.81. The predicted molar refractivity (Wildman–Crippen MR) is 49.1 cm³/mol. The zero-order valence-corrected chi connectivity index (χ0v) is 7.95. The molecule has 0 radical (unpaired) electrons. The van der Waals surface area contributed by atoms with E-state index in [-0.39, 0.29) is 0 Å². The Morgan fingerprint density at radius 2 is 2.08 bits per heavy atom. The van der Waals surface area contributed by atoms with E-state index in [2.05, 4.69) is 27.6 Å². The molecule has 0 aromatic rings. The fourth-order valence-corrected chi connectivity index (χ4v) is 1.61. The van der Waals surface area contributed by atoms with Gasteiger partial charge in [0, 0.05) is 6.54 Å². The van der Waals surface area contributed by atoms with E-state index in [9.17, 15) is 0 Å². The first-order valence-corrected chi connectivity index (χ1v) is 4.65. The number of rotatable bonds is 3. The molecule has 1 fully saturated rings. The third-order valence-electron chi connectivity index (χ3n) is 2.26. The minimum Gasteiger partial charge on any atom is -0.317 e. The summed E-state index contributed by atoms with van der Waals surface area (Å²) in [5.74, 6) is 0. The quantitative estimate of drug-likeness (QED) is 0.508. The highest BCUT2D eigenvalue weighted by Crippen LogP contribution is 2.11. The van der Waals surface area contributed by atoms with Gasteiger partial charge in [-0.05, 0) is 32.9 Å². The van der Waals surface area contributed by atoms with Crippen LogP contribution in [0.2, 0.25) is 0 Å². The fraction of sp³-hybridized carbons (Fsp3) is 1.00. The van der Waals surface area contributed by atoms with Gasteiger partial charge in [-0.15, -0.1) is 0 Å². The van der Waals surface area contributed by atoms with Gasteiger partial charge in [-0.25, -0.2) is 0 Å². The van der Waals surface area contributed by atoms with Crippen molar-refractivity contribution in [1.82, 2.24) is 10.3 Å². The second kappa shape index (κ2) is 5.09. The van der Waals surface area contributed by atoms with Gasteiger partial charge in [0.2, 0.25) is 0 Å². The van der Waals surface area contributed by atoms with Crippen molar-refractivity contribution in [2.24, 2.45) is 10.3 Å². The number of piperidine rings is 1. The van der Waals surface area contributed by atoms with E-state index in [1.807, 2.05) is 0 Å². The van der Waals surface area contributed by atoms with Gasteiger partial charge in [0.1, 0.15) is 0 Å². The van der Waals surface area contributed by atoms with Gasteiger partial charge in [0.05, 0.1) is 13.1 Å². The zero-order valence-electron chi connectivity index (χ0n) is 7.95. The summed E-state index contributed by atoms with van der Waals surface area (Å²) in [4.78, 5) is 0. The van der Waals surface area contributed by atoms with Crippen LogP contribution >= 0.6 is 0 Å². The molecular weight excluding hydrogens is 152 g/mol. The lowest BCUT2D eigenvalue weighted by Gasteiger charge is -2.30. The summed E-state index contributed by atoms with van der Waals surface area (Å²) in [6.45, 7) is 5.31. The Bertz CT molecular complexity index is 140. The molecule has 0 amide bonds. The molecule has 1 N–H and O–H groups in total. The highest BCUT2D eigenvalue weighted by molar-refractivity contribution is 4.74. The van der Waals surface area contributed by atoms with E-state index in [4.69, 9.17) is 0 Å². The van der Waals surface area contributed by atoms with Crippen LogP contribution in [-0.2, 0) is 0 Å². The average Bonchev–Trinajstić information content (AvgIpc) is 2.15. The first-order valence-electron chi connectivity index (χ1n) is 4.65. The number of nitrogens with zero attached hydrogens (tertiary/aromatic N) is 3. The van der Waals surface area contributed by atoms with Crippen LogP contribution in [0.4, 0.5) is 0 Å². The van der Waals surface area contributed by atoms with Crippen LogP contribution < -0.4 is 5.32 Å². The molecule has 0 saturated carbocycles. The SMILES string of the molecule is CCN(N=NC)C1CCNCC1. The van der Waals surface area contributed by atoms with Gasteiger partial charge in [0.25, 0.3) is 0 Å². The summed E-state index contributed by atoms with van der Waals surface area (Å²) >= 11 is 0. The molecule has 4 heteroatoms. The summed E-state index contributed by atoms with van der Waals surface area (Å²) in [6.07, 6.45) is 2.37. The van der Waals surface area contributed by atoms with Crippen molar-refractivity contribution in [3.8, 4) is 0 Å². The second-order valence-electron chi connectivity index (χ2n) is 3.03. The van der Waals surface area contributed by atoms with Gasteiger partial charge < -0.3 is 5.32 Å². The first kappa shape index (κ1) is 9.45. The third kappa shape index (κ3) is 2.44. The average molecular weight is 170 g/mol. The van der Waals surface area contributed by atoms with Gasteiger partial charge in [-0.2, -0.15) is 5.11 Å². The molecule has 1 rings (SSSR count). The van der Waals surface area contributed by atoms with Crippen LogP contribution in [0.1, 0.15) is 19.8 Å². The maximum Gasteiger partial charge on any atom is 0.0511 e. The lowest BCUT2D eigenvalue weighted by Crippen LogP contribution is -2.40. The normalized spacial score (nSPS) is 20.2. The minimum atomic E-state index is 0.597. The Hall–Kier alpha value is -0.640. The summed E-state index contributed by atoms with van der Waals surface area (Å²) in [6, 6.07) is 0.597. The van der Waals surface area contributed by atoms with Crippen molar-refractivity contribution in [2.75, 3.05) is 26.7 Å². The smallest absolute Gasteiger partial charge is 0.0511 e. The van der Waals surface area contributed by atoms with E-state index in [1.165, 1.54) is 12.8 Å². The summed E-state index contributed by atoms with van der Waals surface area (Å²) in [5.41, 5.74) is 0. The highest BCUT2D eigenvalue weighted by Gasteiger charge is 2.17. The molecular formula is C8H18N4. The third-order valence-corrected chi connectivity index (χ3v) is 2.26. The van der Waals surface area contributed by atoms with Crippen LogP contribution in [-0.4, -0.2) is 37.7 Å². The molecule has 0 aromatic heterocycles. The molecule has 1 aliphatic heterocycles. The molecule has 1 aliphatic rings. The van der Waals surface area contributed by atoms with Gasteiger partial charge in [-0.3, -0.25) is 5.01 Å². The molecule has 0 aromatic carbocycles. The molecule has 0 unspecified atom stereocenters. The van der Waals surface area contributed by atoms with Crippen molar-refractivity contribution in [3.05, 3.63) is 0 Å². The summed E-state index contributed by atoms with van der Waals surface area (Å²) < 4.78 is 0. The van der Waals surface area contributed by atoms with Crippen LogP contribution in [0.15, 0.2) is 10.3 Å². The topological polar surface area (TPSA) is 40.0 Å². The van der Waals surface area contributed by atoms with E-state index in [0.717, 1.165) is 19.6 Å². The maximum atomic E-state index is 4.10. The Labute approximate surface area is 74.0 Å².